The number of benzene rings is 2. The Labute approximate surface area is 178 Å². The molecule has 0 aliphatic rings. The van der Waals surface area contributed by atoms with Crippen molar-refractivity contribution in [2.24, 2.45) is 0 Å². The lowest BCUT2D eigenvalue weighted by atomic mass is 10.2. The SMILES string of the molecule is COc1ccc(NC(=O)c2ccc(=O)n(CC(=O)NCc3ccccc3OC)n2)cc1. The van der Waals surface area contributed by atoms with Gasteiger partial charge in [-0.1, -0.05) is 18.2 Å². The molecule has 2 aromatic carbocycles. The minimum Gasteiger partial charge on any atom is -0.497 e. The molecule has 0 saturated carbocycles. The average molecular weight is 422 g/mol. The predicted molar refractivity (Wildman–Crippen MR) is 114 cm³/mol. The number of amides is 2. The van der Waals surface area contributed by atoms with Crippen molar-refractivity contribution in [3.05, 3.63) is 82.3 Å². The highest BCUT2D eigenvalue weighted by molar-refractivity contribution is 6.02. The summed E-state index contributed by atoms with van der Waals surface area (Å²) in [5, 5.41) is 9.41. The van der Waals surface area contributed by atoms with E-state index in [2.05, 4.69) is 15.7 Å². The first kappa shape index (κ1) is 21.6. The van der Waals surface area contributed by atoms with Crippen molar-refractivity contribution in [1.82, 2.24) is 15.1 Å². The maximum absolute atomic E-state index is 12.5. The van der Waals surface area contributed by atoms with Crippen LogP contribution in [0.3, 0.4) is 0 Å². The second kappa shape index (κ2) is 10.1. The number of para-hydroxylation sites is 1. The van der Waals surface area contributed by atoms with Crippen LogP contribution < -0.4 is 25.7 Å². The molecule has 0 aliphatic carbocycles. The lowest BCUT2D eigenvalue weighted by Gasteiger charge is -2.11. The van der Waals surface area contributed by atoms with E-state index in [9.17, 15) is 14.4 Å². The minimum absolute atomic E-state index is 0.00736. The smallest absolute Gasteiger partial charge is 0.276 e. The van der Waals surface area contributed by atoms with E-state index in [0.717, 1.165) is 10.2 Å². The van der Waals surface area contributed by atoms with Crippen molar-refractivity contribution in [3.63, 3.8) is 0 Å². The summed E-state index contributed by atoms with van der Waals surface area (Å²) in [6, 6.07) is 16.6. The lowest BCUT2D eigenvalue weighted by Crippen LogP contribution is -2.34. The highest BCUT2D eigenvalue weighted by atomic mass is 16.5. The molecule has 160 valence electrons. The summed E-state index contributed by atoms with van der Waals surface area (Å²) in [6.45, 7) is -0.0904. The molecule has 0 saturated heterocycles. The lowest BCUT2D eigenvalue weighted by molar-refractivity contribution is -0.122. The van der Waals surface area contributed by atoms with Gasteiger partial charge in [-0.05, 0) is 36.4 Å². The number of hydrogen-bond acceptors (Lipinski definition) is 6. The van der Waals surface area contributed by atoms with E-state index in [1.165, 1.54) is 12.1 Å². The zero-order valence-electron chi connectivity index (χ0n) is 17.1. The first-order chi connectivity index (χ1) is 15.0. The van der Waals surface area contributed by atoms with Crippen molar-refractivity contribution in [2.45, 2.75) is 13.1 Å². The van der Waals surface area contributed by atoms with Crippen LogP contribution in [0, 0.1) is 0 Å². The predicted octanol–water partition coefficient (Wildman–Crippen LogP) is 1.83. The quantitative estimate of drug-likeness (QED) is 0.573. The molecule has 2 N–H and O–H groups in total. The van der Waals surface area contributed by atoms with E-state index in [1.807, 2.05) is 18.2 Å². The van der Waals surface area contributed by atoms with Gasteiger partial charge in [-0.25, -0.2) is 4.68 Å². The number of nitrogens with zero attached hydrogens (tertiary/aromatic N) is 2. The van der Waals surface area contributed by atoms with Gasteiger partial charge in [0, 0.05) is 23.9 Å². The summed E-state index contributed by atoms with van der Waals surface area (Å²) in [5.41, 5.74) is 0.854. The molecule has 0 atom stereocenters. The van der Waals surface area contributed by atoms with Crippen LogP contribution in [0.2, 0.25) is 0 Å². The van der Waals surface area contributed by atoms with Gasteiger partial charge in [-0.2, -0.15) is 5.10 Å². The van der Waals surface area contributed by atoms with Crippen LogP contribution in [-0.2, 0) is 17.9 Å². The average Bonchev–Trinajstić information content (AvgIpc) is 2.79. The first-order valence-electron chi connectivity index (χ1n) is 9.42. The fourth-order valence-corrected chi connectivity index (χ4v) is 2.79. The van der Waals surface area contributed by atoms with E-state index in [4.69, 9.17) is 9.47 Å². The van der Waals surface area contributed by atoms with Crippen molar-refractivity contribution >= 4 is 17.5 Å². The molecule has 0 unspecified atom stereocenters. The molecule has 9 nitrogen and oxygen atoms in total. The number of methoxy groups -OCH3 is 2. The van der Waals surface area contributed by atoms with Crippen LogP contribution in [0.25, 0.3) is 0 Å². The van der Waals surface area contributed by atoms with Gasteiger partial charge in [0.05, 0.1) is 14.2 Å². The third-order valence-corrected chi connectivity index (χ3v) is 4.41. The van der Waals surface area contributed by atoms with Crippen molar-refractivity contribution in [1.29, 1.82) is 0 Å². The van der Waals surface area contributed by atoms with Crippen LogP contribution in [0.4, 0.5) is 5.69 Å². The van der Waals surface area contributed by atoms with E-state index < -0.39 is 17.4 Å². The second-order valence-electron chi connectivity index (χ2n) is 6.49. The monoisotopic (exact) mass is 422 g/mol. The third kappa shape index (κ3) is 5.69. The van der Waals surface area contributed by atoms with E-state index >= 15 is 0 Å². The molecule has 9 heteroatoms. The Morgan fingerprint density at radius 2 is 1.71 bits per heavy atom. The minimum atomic E-state index is -0.506. The van der Waals surface area contributed by atoms with E-state index in [-0.39, 0.29) is 18.8 Å². The Bertz CT molecular complexity index is 1130. The van der Waals surface area contributed by atoms with Crippen LogP contribution in [0.1, 0.15) is 16.1 Å². The molecule has 2 amide bonds. The normalized spacial score (nSPS) is 10.3. The number of aromatic nitrogens is 2. The molecule has 3 aromatic rings. The maximum Gasteiger partial charge on any atom is 0.276 e. The Balaban J connectivity index is 1.65. The Morgan fingerprint density at radius 3 is 2.42 bits per heavy atom. The molecular weight excluding hydrogens is 400 g/mol. The highest BCUT2D eigenvalue weighted by Gasteiger charge is 2.13. The van der Waals surface area contributed by atoms with E-state index in [0.29, 0.717) is 17.2 Å². The number of carbonyl (C=O) groups excluding carboxylic acids is 2. The van der Waals surface area contributed by atoms with Crippen LogP contribution in [0.5, 0.6) is 11.5 Å². The third-order valence-electron chi connectivity index (χ3n) is 4.41. The van der Waals surface area contributed by atoms with Crippen molar-refractivity contribution in [3.8, 4) is 11.5 Å². The van der Waals surface area contributed by atoms with E-state index in [1.54, 1.807) is 44.6 Å². The zero-order chi connectivity index (χ0) is 22.2. The van der Waals surface area contributed by atoms with Gasteiger partial charge >= 0.3 is 0 Å². The summed E-state index contributed by atoms with van der Waals surface area (Å²) in [5.74, 6) is 0.376. The first-order valence-corrected chi connectivity index (χ1v) is 9.42. The van der Waals surface area contributed by atoms with Crippen molar-refractivity contribution in [2.75, 3.05) is 19.5 Å². The highest BCUT2D eigenvalue weighted by Crippen LogP contribution is 2.17. The van der Waals surface area contributed by atoms with Crippen LogP contribution in [0.15, 0.2) is 65.5 Å². The standard InChI is InChI=1S/C22H22N4O5/c1-30-17-9-7-16(8-10-17)24-22(29)18-11-12-21(28)26(25-18)14-20(27)23-13-15-5-3-4-6-19(15)31-2/h3-12H,13-14H2,1-2H3,(H,23,27)(H,24,29). The number of carbonyl (C=O) groups is 2. The molecule has 31 heavy (non-hydrogen) atoms. The molecule has 0 fully saturated rings. The summed E-state index contributed by atoms with van der Waals surface area (Å²) in [4.78, 5) is 36.9. The molecular formula is C22H22N4O5. The van der Waals surface area contributed by atoms with Crippen molar-refractivity contribution < 1.29 is 19.1 Å². The van der Waals surface area contributed by atoms with Gasteiger partial charge in [0.1, 0.15) is 23.7 Å². The maximum atomic E-state index is 12.5. The van der Waals surface area contributed by atoms with Crippen LogP contribution >= 0.6 is 0 Å². The topological polar surface area (TPSA) is 112 Å². The van der Waals surface area contributed by atoms with Gasteiger partial charge in [0.25, 0.3) is 11.5 Å². The van der Waals surface area contributed by atoms with Crippen LogP contribution in [-0.4, -0.2) is 35.8 Å². The molecule has 0 radical (unpaired) electrons. The van der Waals surface area contributed by atoms with Gasteiger partial charge in [0.15, 0.2) is 0 Å². The molecule has 0 aliphatic heterocycles. The Kier molecular flexibility index (Phi) is 7.00. The molecule has 0 bridgehead atoms. The summed E-state index contributed by atoms with van der Waals surface area (Å²) < 4.78 is 11.3. The molecule has 1 heterocycles. The second-order valence-corrected chi connectivity index (χ2v) is 6.49. The zero-order valence-corrected chi connectivity index (χ0v) is 17.1. The molecule has 1 aromatic heterocycles. The number of ether oxygens (including phenoxy) is 2. The van der Waals surface area contributed by atoms with Gasteiger partial charge < -0.3 is 20.1 Å². The number of hydrogen-bond donors (Lipinski definition) is 2. The Morgan fingerprint density at radius 1 is 0.968 bits per heavy atom. The number of anilines is 1. The fraction of sp³-hybridized carbons (Fsp3) is 0.182. The summed E-state index contributed by atoms with van der Waals surface area (Å²) >= 11 is 0. The fourth-order valence-electron chi connectivity index (χ4n) is 2.79. The van der Waals surface area contributed by atoms with Gasteiger partial charge in [-0.3, -0.25) is 14.4 Å². The summed E-state index contributed by atoms with van der Waals surface area (Å²) in [6.07, 6.45) is 0. The number of rotatable bonds is 8. The van der Waals surface area contributed by atoms with Gasteiger partial charge in [0.2, 0.25) is 5.91 Å². The van der Waals surface area contributed by atoms with Gasteiger partial charge in [-0.15, -0.1) is 0 Å². The number of nitrogens with one attached hydrogen (secondary N) is 2. The largest absolute Gasteiger partial charge is 0.497 e. The molecule has 3 rings (SSSR count). The molecule has 0 spiro atoms. The summed E-state index contributed by atoms with van der Waals surface area (Å²) in [7, 11) is 3.10. The Hall–Kier alpha value is -4.14.